The lowest BCUT2D eigenvalue weighted by Crippen LogP contribution is -2.53. The van der Waals surface area contributed by atoms with Crippen LogP contribution < -0.4 is 23.8 Å². The van der Waals surface area contributed by atoms with Gasteiger partial charge in [0.1, 0.15) is 33.7 Å². The maximum atomic E-state index is 15.4. The highest BCUT2D eigenvalue weighted by atomic mass is 35.5. The molecule has 1 N–H and O–H groups in total. The Morgan fingerprint density at radius 2 is 1.62 bits per heavy atom. The molecule has 1 aromatic heterocycles. The van der Waals surface area contributed by atoms with Gasteiger partial charge in [-0.3, -0.25) is 14.6 Å². The Balaban J connectivity index is 0.00000187. The maximum Gasteiger partial charge on any atom is 0.415 e. The van der Waals surface area contributed by atoms with Crippen LogP contribution in [0.4, 0.5) is 14.9 Å². The number of ether oxygens (including phenoxy) is 5. The Kier molecular flexibility index (Phi) is 14.0. The number of carbonyl (C=O) groups is 3. The standard InChI is InChI=1S/C38H38Cl2FN3O8.CH2O2/c1-48-31-12-11-26(17-34(31)50-3)33(18-27-28(39)20-43(47)21-29(27)40)51-37(45)25-9-7-23(8-10-25)19-44(36-30(41)5-4-6-32(36)49-2)38(46)52-35-22-42-15-13-24(35)14-16-42;2-1-3/h4-12,17,20-21,24,33,35H,13-16,18-19,22H2,1-3H3;1H,(H,2,3)/t33?,35-;/m0./s1. The van der Waals surface area contributed by atoms with Crippen molar-refractivity contribution >= 4 is 47.4 Å². The van der Waals surface area contributed by atoms with Crippen LogP contribution in [-0.4, -0.2) is 75.6 Å². The van der Waals surface area contributed by atoms with E-state index < -0.39 is 24.0 Å². The van der Waals surface area contributed by atoms with Crippen molar-refractivity contribution in [3.63, 3.8) is 0 Å². The number of hydrogen-bond acceptors (Lipinski definition) is 10. The van der Waals surface area contributed by atoms with Gasteiger partial charge in [0.25, 0.3) is 6.47 Å². The van der Waals surface area contributed by atoms with Crippen molar-refractivity contribution < 1.29 is 52.3 Å². The van der Waals surface area contributed by atoms with E-state index in [0.29, 0.717) is 39.5 Å². The SMILES string of the molecule is COc1ccc(C(Cc2c(Cl)c[n+]([O-])cc2Cl)OC(=O)c2ccc(CN(C(=O)O[C@H]3CN4CCC3CC4)c3c(F)cccc3OC)cc2)cc1OC.O=CO. The van der Waals surface area contributed by atoms with Gasteiger partial charge in [-0.2, -0.15) is 4.73 Å². The van der Waals surface area contributed by atoms with Gasteiger partial charge in [0.05, 0.1) is 33.4 Å². The van der Waals surface area contributed by atoms with Gasteiger partial charge in [0.15, 0.2) is 29.7 Å². The molecule has 1 amide bonds. The van der Waals surface area contributed by atoms with E-state index in [2.05, 4.69) is 4.90 Å². The quantitative estimate of drug-likeness (QED) is 0.0692. The van der Waals surface area contributed by atoms with Crippen molar-refractivity contribution in [2.24, 2.45) is 5.92 Å². The Morgan fingerprint density at radius 1 is 0.982 bits per heavy atom. The normalized spacial score (nSPS) is 17.5. The first-order chi connectivity index (χ1) is 26.5. The Morgan fingerprint density at radius 3 is 2.20 bits per heavy atom. The van der Waals surface area contributed by atoms with Gasteiger partial charge in [0, 0.05) is 18.5 Å². The minimum Gasteiger partial charge on any atom is -0.619 e. The second kappa shape index (κ2) is 18.8. The third-order valence-electron chi connectivity index (χ3n) is 9.51. The number of hydrogen-bond donors (Lipinski definition) is 1. The predicted octanol–water partition coefficient (Wildman–Crippen LogP) is 6.87. The number of para-hydroxylation sites is 1. The number of aromatic nitrogens is 1. The molecule has 4 aromatic rings. The van der Waals surface area contributed by atoms with E-state index in [-0.39, 0.29) is 58.5 Å². The van der Waals surface area contributed by atoms with Gasteiger partial charge in [-0.15, -0.1) is 0 Å². The van der Waals surface area contributed by atoms with Crippen LogP contribution in [0.5, 0.6) is 17.2 Å². The number of esters is 1. The van der Waals surface area contributed by atoms with E-state index in [0.717, 1.165) is 25.9 Å². The van der Waals surface area contributed by atoms with Crippen LogP contribution in [0.2, 0.25) is 10.0 Å². The van der Waals surface area contributed by atoms with Crippen LogP contribution in [0.25, 0.3) is 0 Å². The van der Waals surface area contributed by atoms with E-state index in [4.69, 9.17) is 56.8 Å². The molecule has 7 rings (SSSR count). The van der Waals surface area contributed by atoms with Gasteiger partial charge >= 0.3 is 12.1 Å². The summed E-state index contributed by atoms with van der Waals surface area (Å²) in [5.74, 6) is 0.0124. The van der Waals surface area contributed by atoms with Crippen molar-refractivity contribution in [2.45, 2.75) is 38.0 Å². The lowest BCUT2D eigenvalue weighted by molar-refractivity contribution is -0.605. The average molecular weight is 801 g/mol. The first kappa shape index (κ1) is 40.9. The zero-order chi connectivity index (χ0) is 39.6. The molecule has 0 spiro atoms. The summed E-state index contributed by atoms with van der Waals surface area (Å²) < 4.78 is 44.2. The second-order valence-electron chi connectivity index (χ2n) is 12.7. The zero-order valence-corrected chi connectivity index (χ0v) is 31.8. The number of carbonyl (C=O) groups excluding carboxylic acids is 2. The van der Waals surface area contributed by atoms with Gasteiger partial charge in [0.2, 0.25) is 0 Å². The first-order valence-electron chi connectivity index (χ1n) is 17.2. The zero-order valence-electron chi connectivity index (χ0n) is 30.3. The number of rotatable bonds is 12. The monoisotopic (exact) mass is 799 g/mol. The largest absolute Gasteiger partial charge is 0.619 e. The summed E-state index contributed by atoms with van der Waals surface area (Å²) >= 11 is 12.8. The number of benzene rings is 3. The molecular formula is C39H40Cl2FN3O10. The summed E-state index contributed by atoms with van der Waals surface area (Å²) in [4.78, 5) is 39.3. The van der Waals surface area contributed by atoms with Crippen LogP contribution in [0.3, 0.4) is 0 Å². The molecule has 16 heteroatoms. The third-order valence-corrected chi connectivity index (χ3v) is 10.2. The smallest absolute Gasteiger partial charge is 0.415 e. The van der Waals surface area contributed by atoms with E-state index in [1.54, 1.807) is 48.5 Å². The summed E-state index contributed by atoms with van der Waals surface area (Å²) in [6.07, 6.45) is 2.36. The minimum atomic E-state index is -0.908. The molecule has 0 radical (unpaired) electrons. The lowest BCUT2D eigenvalue weighted by atomic mass is 9.86. The molecule has 2 bridgehead atoms. The highest BCUT2D eigenvalue weighted by Gasteiger charge is 2.38. The molecule has 0 aliphatic carbocycles. The van der Waals surface area contributed by atoms with Crippen molar-refractivity contribution in [1.29, 1.82) is 0 Å². The van der Waals surface area contributed by atoms with Gasteiger partial charge in [-0.05, 0) is 79.4 Å². The number of carboxylic acid groups (broad SMARTS) is 1. The number of nitrogens with zero attached hydrogens (tertiary/aromatic N) is 3. The molecule has 3 aliphatic rings. The van der Waals surface area contributed by atoms with Gasteiger partial charge < -0.3 is 34.0 Å². The summed E-state index contributed by atoms with van der Waals surface area (Å²) in [5.41, 5.74) is 1.73. The molecule has 3 fully saturated rings. The molecule has 0 saturated carbocycles. The Bertz CT molecular complexity index is 1960. The fraction of sp³-hybridized carbons (Fsp3) is 0.333. The molecule has 1 unspecified atom stereocenters. The van der Waals surface area contributed by atoms with E-state index in [9.17, 15) is 14.8 Å². The molecule has 2 atom stereocenters. The summed E-state index contributed by atoms with van der Waals surface area (Å²) in [6.45, 7) is 2.28. The van der Waals surface area contributed by atoms with Crippen molar-refractivity contribution in [3.8, 4) is 17.2 Å². The van der Waals surface area contributed by atoms with E-state index in [1.165, 1.54) is 50.8 Å². The number of amides is 1. The fourth-order valence-corrected chi connectivity index (χ4v) is 7.31. The summed E-state index contributed by atoms with van der Waals surface area (Å²) in [5, 5.41) is 19.0. The molecular weight excluding hydrogens is 760 g/mol. The Labute approximate surface area is 327 Å². The van der Waals surface area contributed by atoms with E-state index in [1.807, 2.05) is 0 Å². The number of pyridine rings is 1. The average Bonchev–Trinajstić information content (AvgIpc) is 3.18. The number of halogens is 3. The van der Waals surface area contributed by atoms with Gasteiger partial charge in [-0.25, -0.2) is 14.0 Å². The van der Waals surface area contributed by atoms with Crippen LogP contribution in [-0.2, 0) is 27.2 Å². The van der Waals surface area contributed by atoms with E-state index >= 15 is 4.39 Å². The summed E-state index contributed by atoms with van der Waals surface area (Å²) in [6, 6.07) is 15.8. The molecule has 3 aromatic carbocycles. The molecule has 4 heterocycles. The minimum absolute atomic E-state index is 0.0406. The van der Waals surface area contributed by atoms with Crippen LogP contribution >= 0.6 is 23.2 Å². The van der Waals surface area contributed by atoms with Crippen LogP contribution in [0.15, 0.2) is 73.1 Å². The maximum absolute atomic E-state index is 15.4. The highest BCUT2D eigenvalue weighted by molar-refractivity contribution is 6.35. The number of piperidine rings is 3. The predicted molar refractivity (Wildman–Crippen MR) is 201 cm³/mol. The number of methoxy groups -OCH3 is 3. The lowest BCUT2D eigenvalue weighted by Gasteiger charge is -2.44. The van der Waals surface area contributed by atoms with Crippen LogP contribution in [0.1, 0.15) is 46.0 Å². The van der Waals surface area contributed by atoms with Gasteiger partial charge in [-0.1, -0.05) is 47.5 Å². The highest BCUT2D eigenvalue weighted by Crippen LogP contribution is 2.37. The molecule has 55 heavy (non-hydrogen) atoms. The fourth-order valence-electron chi connectivity index (χ4n) is 6.71. The molecule has 13 nitrogen and oxygen atoms in total. The third kappa shape index (κ3) is 9.87. The van der Waals surface area contributed by atoms with Crippen molar-refractivity contribution in [1.82, 2.24) is 4.90 Å². The Hall–Kier alpha value is -5.31. The van der Waals surface area contributed by atoms with Crippen molar-refractivity contribution in [2.75, 3.05) is 45.9 Å². The first-order valence-corrected chi connectivity index (χ1v) is 17.9. The topological polar surface area (TPSA) is 151 Å². The van der Waals surface area contributed by atoms with Crippen LogP contribution in [0, 0.1) is 16.9 Å². The van der Waals surface area contributed by atoms with Crippen molar-refractivity contribution in [3.05, 3.63) is 116 Å². The molecule has 3 saturated heterocycles. The molecule has 292 valence electrons. The molecule has 3 aliphatic heterocycles. The second-order valence-corrected chi connectivity index (χ2v) is 13.6. The number of anilines is 1. The summed E-state index contributed by atoms with van der Waals surface area (Å²) in [7, 11) is 4.40. The number of fused-ring (bicyclic) bond motifs is 3.